The molecule has 21 heavy (non-hydrogen) atoms. The van der Waals surface area contributed by atoms with Gasteiger partial charge in [-0.05, 0) is 44.0 Å². The number of benzene rings is 1. The fourth-order valence-electron chi connectivity index (χ4n) is 1.88. The van der Waals surface area contributed by atoms with Crippen LogP contribution in [0.15, 0.2) is 24.4 Å². The van der Waals surface area contributed by atoms with Crippen molar-refractivity contribution in [3.8, 4) is 0 Å². The van der Waals surface area contributed by atoms with Gasteiger partial charge in [0.25, 0.3) is 0 Å². The number of amides is 1. The van der Waals surface area contributed by atoms with Crippen LogP contribution in [0.25, 0.3) is 0 Å². The van der Waals surface area contributed by atoms with Crippen molar-refractivity contribution in [2.45, 2.75) is 26.3 Å². The zero-order valence-electron chi connectivity index (χ0n) is 11.8. The topological polar surface area (TPSA) is 85.8 Å². The molecule has 0 bridgehead atoms. The smallest absolute Gasteiger partial charge is 0.246 e. The second-order valence-corrected chi connectivity index (χ2v) is 4.81. The van der Waals surface area contributed by atoms with Gasteiger partial charge in [0.1, 0.15) is 12.4 Å². The molecule has 1 aromatic heterocycles. The summed E-state index contributed by atoms with van der Waals surface area (Å²) in [6.45, 7) is 2.42. The molecule has 0 fully saturated rings. The molecule has 0 aliphatic rings. The lowest BCUT2D eigenvalue weighted by atomic mass is 10.2. The molecule has 0 radical (unpaired) electrons. The zero-order valence-corrected chi connectivity index (χ0v) is 11.8. The zero-order chi connectivity index (χ0) is 15.2. The Labute approximate surface area is 122 Å². The van der Waals surface area contributed by atoms with Crippen molar-refractivity contribution in [3.63, 3.8) is 0 Å². The van der Waals surface area contributed by atoms with Gasteiger partial charge in [-0.2, -0.15) is 0 Å². The molecule has 6 nitrogen and oxygen atoms in total. The number of aryl methyl sites for hydroxylation is 2. The van der Waals surface area contributed by atoms with Crippen molar-refractivity contribution in [1.82, 2.24) is 15.0 Å². The van der Waals surface area contributed by atoms with Crippen molar-refractivity contribution in [3.05, 3.63) is 41.5 Å². The Bertz CT molecular complexity index is 626. The van der Waals surface area contributed by atoms with Crippen LogP contribution < -0.4 is 11.1 Å². The molecule has 2 rings (SSSR count). The maximum absolute atomic E-state index is 13.2. The lowest BCUT2D eigenvalue weighted by Crippen LogP contribution is -2.19. The summed E-state index contributed by atoms with van der Waals surface area (Å²) in [5.74, 6) is -0.667. The number of anilines is 1. The van der Waals surface area contributed by atoms with Gasteiger partial charge in [0.15, 0.2) is 0 Å². The summed E-state index contributed by atoms with van der Waals surface area (Å²) in [6, 6.07) is 4.26. The average Bonchev–Trinajstić information content (AvgIpc) is 2.88. The molecule has 0 saturated carbocycles. The highest BCUT2D eigenvalue weighted by Gasteiger charge is 2.08. The van der Waals surface area contributed by atoms with Crippen molar-refractivity contribution < 1.29 is 9.18 Å². The minimum Gasteiger partial charge on any atom is -0.330 e. The molecule has 0 spiro atoms. The number of carbonyl (C=O) groups is 1. The number of hydrogen-bond acceptors (Lipinski definition) is 4. The summed E-state index contributed by atoms with van der Waals surface area (Å²) >= 11 is 0. The molecule has 0 aliphatic heterocycles. The number of nitrogens with one attached hydrogen (secondary N) is 1. The van der Waals surface area contributed by atoms with Crippen LogP contribution in [0.1, 0.15) is 17.7 Å². The number of halogens is 1. The van der Waals surface area contributed by atoms with Gasteiger partial charge in [-0.1, -0.05) is 11.3 Å². The predicted octanol–water partition coefficient (Wildman–Crippen LogP) is 1.26. The van der Waals surface area contributed by atoms with E-state index >= 15 is 0 Å². The fourth-order valence-corrected chi connectivity index (χ4v) is 1.88. The average molecular weight is 291 g/mol. The van der Waals surface area contributed by atoms with Crippen LogP contribution >= 0.6 is 0 Å². The Balaban J connectivity index is 1.95. The first kappa shape index (κ1) is 15.1. The molecule has 0 saturated heterocycles. The van der Waals surface area contributed by atoms with Crippen LogP contribution in [0.4, 0.5) is 10.1 Å². The highest BCUT2D eigenvalue weighted by molar-refractivity contribution is 5.91. The first-order valence-electron chi connectivity index (χ1n) is 6.73. The van der Waals surface area contributed by atoms with E-state index in [0.717, 1.165) is 24.1 Å². The molecule has 0 aliphatic carbocycles. The monoisotopic (exact) mass is 291 g/mol. The normalized spacial score (nSPS) is 10.6. The Morgan fingerprint density at radius 2 is 2.29 bits per heavy atom. The lowest BCUT2D eigenvalue weighted by molar-refractivity contribution is -0.116. The van der Waals surface area contributed by atoms with Crippen molar-refractivity contribution in [2.75, 3.05) is 11.9 Å². The maximum Gasteiger partial charge on any atom is 0.246 e. The van der Waals surface area contributed by atoms with Gasteiger partial charge < -0.3 is 11.1 Å². The van der Waals surface area contributed by atoms with E-state index < -0.39 is 0 Å². The van der Waals surface area contributed by atoms with E-state index in [4.69, 9.17) is 5.73 Å². The third-order valence-corrected chi connectivity index (χ3v) is 3.00. The first-order valence-corrected chi connectivity index (χ1v) is 6.73. The highest BCUT2D eigenvalue weighted by atomic mass is 19.1. The van der Waals surface area contributed by atoms with Crippen LogP contribution in [-0.4, -0.2) is 27.4 Å². The van der Waals surface area contributed by atoms with Crippen LogP contribution in [0.3, 0.4) is 0 Å². The second-order valence-electron chi connectivity index (χ2n) is 4.81. The number of nitrogens with zero attached hydrogens (tertiary/aromatic N) is 3. The minimum absolute atomic E-state index is 0.0333. The summed E-state index contributed by atoms with van der Waals surface area (Å²) in [5, 5.41) is 10.5. The molecule has 0 unspecified atom stereocenters. The SMILES string of the molecule is Cc1ccc(F)cc1NC(=O)Cn1cc(CCCN)nn1. The Morgan fingerprint density at radius 3 is 3.05 bits per heavy atom. The van der Waals surface area contributed by atoms with E-state index in [2.05, 4.69) is 15.6 Å². The maximum atomic E-state index is 13.2. The summed E-state index contributed by atoms with van der Waals surface area (Å²) in [4.78, 5) is 11.9. The molecule has 112 valence electrons. The fraction of sp³-hybridized carbons (Fsp3) is 0.357. The van der Waals surface area contributed by atoms with Gasteiger partial charge in [-0.25, -0.2) is 9.07 Å². The molecule has 7 heteroatoms. The summed E-state index contributed by atoms with van der Waals surface area (Å²) in [7, 11) is 0. The number of nitrogens with two attached hydrogens (primary N) is 1. The summed E-state index contributed by atoms with van der Waals surface area (Å²) in [5.41, 5.74) is 7.49. The van der Waals surface area contributed by atoms with Gasteiger partial charge in [-0.15, -0.1) is 5.10 Å². The van der Waals surface area contributed by atoms with Gasteiger partial charge in [0.2, 0.25) is 5.91 Å². The van der Waals surface area contributed by atoms with Crippen molar-refractivity contribution in [2.24, 2.45) is 5.73 Å². The van der Waals surface area contributed by atoms with Gasteiger partial charge in [0.05, 0.1) is 5.69 Å². The first-order chi connectivity index (χ1) is 10.1. The molecule has 3 N–H and O–H groups in total. The van der Waals surface area contributed by atoms with Crippen molar-refractivity contribution >= 4 is 11.6 Å². The minimum atomic E-state index is -0.388. The van der Waals surface area contributed by atoms with Crippen LogP contribution in [0.2, 0.25) is 0 Å². The van der Waals surface area contributed by atoms with E-state index in [1.165, 1.54) is 16.8 Å². The molecular weight excluding hydrogens is 273 g/mol. The molecule has 2 aromatic rings. The van der Waals surface area contributed by atoms with E-state index in [1.54, 1.807) is 19.2 Å². The van der Waals surface area contributed by atoms with Crippen molar-refractivity contribution in [1.29, 1.82) is 0 Å². The third-order valence-electron chi connectivity index (χ3n) is 3.00. The second kappa shape index (κ2) is 6.94. The van der Waals surface area contributed by atoms with Crippen LogP contribution in [0, 0.1) is 12.7 Å². The predicted molar refractivity (Wildman–Crippen MR) is 77.2 cm³/mol. The van der Waals surface area contributed by atoms with Crippen LogP contribution in [-0.2, 0) is 17.8 Å². The number of hydrogen-bond donors (Lipinski definition) is 2. The summed E-state index contributed by atoms with van der Waals surface area (Å²) in [6.07, 6.45) is 3.28. The molecule has 0 atom stereocenters. The molecule has 1 heterocycles. The van der Waals surface area contributed by atoms with E-state index in [-0.39, 0.29) is 18.3 Å². The van der Waals surface area contributed by atoms with Gasteiger partial charge in [-0.3, -0.25) is 4.79 Å². The number of aromatic nitrogens is 3. The molecule has 1 amide bonds. The summed E-state index contributed by atoms with van der Waals surface area (Å²) < 4.78 is 14.6. The Kier molecular flexibility index (Phi) is 4.99. The Hall–Kier alpha value is -2.28. The highest BCUT2D eigenvalue weighted by Crippen LogP contribution is 2.15. The number of carbonyl (C=O) groups excluding carboxylic acids is 1. The standard InChI is InChI=1S/C14H18FN5O/c1-10-4-5-11(15)7-13(10)17-14(21)9-20-8-12(18-19-20)3-2-6-16/h4-5,7-8H,2-3,6,9,16H2,1H3,(H,17,21). The van der Waals surface area contributed by atoms with E-state index in [9.17, 15) is 9.18 Å². The van der Waals surface area contributed by atoms with Gasteiger partial charge in [0, 0.05) is 11.9 Å². The van der Waals surface area contributed by atoms with E-state index in [0.29, 0.717) is 12.2 Å². The van der Waals surface area contributed by atoms with E-state index in [1.807, 2.05) is 0 Å². The number of rotatable bonds is 6. The quantitative estimate of drug-likeness (QED) is 0.839. The third kappa shape index (κ3) is 4.35. The lowest BCUT2D eigenvalue weighted by Gasteiger charge is -2.08. The van der Waals surface area contributed by atoms with Gasteiger partial charge >= 0.3 is 0 Å². The largest absolute Gasteiger partial charge is 0.330 e. The molecular formula is C14H18FN5O. The Morgan fingerprint density at radius 1 is 1.48 bits per heavy atom. The van der Waals surface area contributed by atoms with Crippen LogP contribution in [0.5, 0.6) is 0 Å². The molecule has 1 aromatic carbocycles.